The quantitative estimate of drug-likeness (QED) is 0.895. The molecular formula is C14H20F2N2. The second kappa shape index (κ2) is 6.25. The van der Waals surface area contributed by atoms with Gasteiger partial charge in [0.25, 0.3) is 0 Å². The third kappa shape index (κ3) is 3.75. The third-order valence-electron chi connectivity index (χ3n) is 3.52. The van der Waals surface area contributed by atoms with Crippen molar-refractivity contribution in [1.29, 1.82) is 0 Å². The zero-order valence-corrected chi connectivity index (χ0v) is 10.5. The van der Waals surface area contributed by atoms with Crippen molar-refractivity contribution in [2.45, 2.75) is 31.7 Å². The first-order chi connectivity index (χ1) is 8.65. The number of hydrogen-bond acceptors (Lipinski definition) is 2. The molecular weight excluding hydrogens is 234 g/mol. The zero-order valence-electron chi connectivity index (χ0n) is 10.5. The molecule has 1 aliphatic rings. The normalized spacial score (nSPS) is 18.8. The Kier molecular flexibility index (Phi) is 4.66. The number of halogens is 2. The van der Waals surface area contributed by atoms with Crippen molar-refractivity contribution in [3.05, 3.63) is 35.4 Å². The number of nitrogens with zero attached hydrogens (tertiary/aromatic N) is 1. The predicted octanol–water partition coefficient (Wildman–Crippen LogP) is 2.84. The van der Waals surface area contributed by atoms with Gasteiger partial charge in [-0.3, -0.25) is 0 Å². The Morgan fingerprint density at radius 2 is 1.67 bits per heavy atom. The summed E-state index contributed by atoms with van der Waals surface area (Å²) in [6.07, 6.45) is 4.52. The van der Waals surface area contributed by atoms with Gasteiger partial charge in [0.15, 0.2) is 0 Å². The van der Waals surface area contributed by atoms with Crippen LogP contribution in [0.3, 0.4) is 0 Å². The highest BCUT2D eigenvalue weighted by molar-refractivity contribution is 5.21. The van der Waals surface area contributed by atoms with Crippen molar-refractivity contribution < 1.29 is 8.78 Å². The van der Waals surface area contributed by atoms with Crippen molar-refractivity contribution in [2.24, 2.45) is 5.73 Å². The third-order valence-corrected chi connectivity index (χ3v) is 3.52. The summed E-state index contributed by atoms with van der Waals surface area (Å²) in [5.74, 6) is -1.11. The number of benzene rings is 1. The van der Waals surface area contributed by atoms with E-state index in [1.54, 1.807) is 0 Å². The second-order valence-electron chi connectivity index (χ2n) is 5.00. The molecule has 2 nitrogen and oxygen atoms in total. The van der Waals surface area contributed by atoms with Gasteiger partial charge >= 0.3 is 0 Å². The first-order valence-electron chi connectivity index (χ1n) is 6.59. The van der Waals surface area contributed by atoms with E-state index in [2.05, 4.69) is 4.90 Å². The molecule has 2 N–H and O–H groups in total. The summed E-state index contributed by atoms with van der Waals surface area (Å²) >= 11 is 0. The minimum atomic E-state index is -0.557. The van der Waals surface area contributed by atoms with Gasteiger partial charge in [0.2, 0.25) is 0 Å². The van der Waals surface area contributed by atoms with Crippen LogP contribution in [0.5, 0.6) is 0 Å². The van der Waals surface area contributed by atoms with Crippen LogP contribution in [0, 0.1) is 11.6 Å². The summed E-state index contributed by atoms with van der Waals surface area (Å²) in [6.45, 7) is 3.13. The van der Waals surface area contributed by atoms with Gasteiger partial charge in [-0.25, -0.2) is 8.78 Å². The Labute approximate surface area is 107 Å². The Bertz CT molecular complexity index is 369. The lowest BCUT2D eigenvalue weighted by Crippen LogP contribution is -2.32. The maximum absolute atomic E-state index is 13.1. The average molecular weight is 254 g/mol. The van der Waals surface area contributed by atoms with Crippen LogP contribution in [0.2, 0.25) is 0 Å². The summed E-state index contributed by atoms with van der Waals surface area (Å²) in [5.41, 5.74) is 6.54. The summed E-state index contributed by atoms with van der Waals surface area (Å²) in [5, 5.41) is 0. The minimum absolute atomic E-state index is 0.294. The lowest BCUT2D eigenvalue weighted by atomic mass is 10.0. The van der Waals surface area contributed by atoms with Crippen LogP contribution in [0.4, 0.5) is 8.78 Å². The fourth-order valence-corrected chi connectivity index (χ4v) is 2.46. The highest BCUT2D eigenvalue weighted by Crippen LogP contribution is 2.18. The van der Waals surface area contributed by atoms with Crippen molar-refractivity contribution in [2.75, 3.05) is 19.6 Å². The van der Waals surface area contributed by atoms with Crippen LogP contribution in [0.25, 0.3) is 0 Å². The van der Waals surface area contributed by atoms with Crippen molar-refractivity contribution in [3.63, 3.8) is 0 Å². The number of nitrogens with two attached hydrogens (primary N) is 1. The van der Waals surface area contributed by atoms with E-state index in [0.717, 1.165) is 32.1 Å². The number of likely N-dealkylation sites (tertiary alicyclic amines) is 1. The molecule has 0 aliphatic carbocycles. The molecule has 0 amide bonds. The van der Waals surface area contributed by atoms with Gasteiger partial charge < -0.3 is 10.6 Å². The van der Waals surface area contributed by atoms with Gasteiger partial charge in [-0.15, -0.1) is 0 Å². The van der Waals surface area contributed by atoms with Gasteiger partial charge in [0, 0.05) is 12.1 Å². The molecule has 18 heavy (non-hydrogen) atoms. The highest BCUT2D eigenvalue weighted by atomic mass is 19.1. The van der Waals surface area contributed by atoms with Crippen LogP contribution >= 0.6 is 0 Å². The van der Waals surface area contributed by atoms with E-state index >= 15 is 0 Å². The topological polar surface area (TPSA) is 29.3 Å². The monoisotopic (exact) mass is 254 g/mol. The van der Waals surface area contributed by atoms with Gasteiger partial charge in [-0.05, 0) is 56.6 Å². The molecule has 1 heterocycles. The van der Waals surface area contributed by atoms with Gasteiger partial charge in [-0.2, -0.15) is 0 Å². The molecule has 1 saturated heterocycles. The number of hydrogen-bond donors (Lipinski definition) is 1. The van der Waals surface area contributed by atoms with Crippen molar-refractivity contribution in [3.8, 4) is 0 Å². The predicted molar refractivity (Wildman–Crippen MR) is 68.2 cm³/mol. The molecule has 0 saturated carbocycles. The molecule has 0 radical (unpaired) electrons. The van der Waals surface area contributed by atoms with Crippen LogP contribution in [0.1, 0.15) is 37.3 Å². The zero-order chi connectivity index (χ0) is 13.0. The van der Waals surface area contributed by atoms with Crippen LogP contribution in [-0.2, 0) is 0 Å². The molecule has 1 aliphatic heterocycles. The maximum atomic E-state index is 13.1. The Balaban J connectivity index is 1.88. The van der Waals surface area contributed by atoms with Gasteiger partial charge in [0.1, 0.15) is 11.6 Å². The van der Waals surface area contributed by atoms with Crippen molar-refractivity contribution in [1.82, 2.24) is 4.90 Å². The molecule has 4 heteroatoms. The molecule has 0 aromatic heterocycles. The van der Waals surface area contributed by atoms with Crippen LogP contribution < -0.4 is 5.73 Å². The number of rotatable bonds is 4. The van der Waals surface area contributed by atoms with Crippen LogP contribution in [0.15, 0.2) is 18.2 Å². The van der Waals surface area contributed by atoms with E-state index in [9.17, 15) is 8.78 Å². The average Bonchev–Trinajstić information content (AvgIpc) is 2.36. The Morgan fingerprint density at radius 3 is 2.28 bits per heavy atom. The highest BCUT2D eigenvalue weighted by Gasteiger charge is 2.13. The van der Waals surface area contributed by atoms with Gasteiger partial charge in [-0.1, -0.05) is 6.42 Å². The van der Waals surface area contributed by atoms with E-state index in [1.807, 2.05) is 0 Å². The largest absolute Gasteiger partial charge is 0.324 e. The van der Waals surface area contributed by atoms with E-state index in [0.29, 0.717) is 5.56 Å². The lowest BCUT2D eigenvalue weighted by molar-refractivity contribution is 0.221. The molecule has 100 valence electrons. The van der Waals surface area contributed by atoms with E-state index in [1.165, 1.54) is 31.4 Å². The summed E-state index contributed by atoms with van der Waals surface area (Å²) < 4.78 is 26.2. The van der Waals surface area contributed by atoms with E-state index in [-0.39, 0.29) is 6.04 Å². The lowest BCUT2D eigenvalue weighted by Gasteiger charge is -2.27. The molecule has 1 atom stereocenters. The summed E-state index contributed by atoms with van der Waals surface area (Å²) in [7, 11) is 0. The van der Waals surface area contributed by atoms with Crippen LogP contribution in [-0.4, -0.2) is 24.5 Å². The maximum Gasteiger partial charge on any atom is 0.126 e. The SMILES string of the molecule is NC(CCN1CCCCC1)c1cc(F)cc(F)c1. The molecule has 1 aromatic rings. The Morgan fingerprint density at radius 1 is 1.06 bits per heavy atom. The first-order valence-corrected chi connectivity index (χ1v) is 6.59. The number of piperidine rings is 1. The molecule has 0 bridgehead atoms. The molecule has 2 rings (SSSR count). The molecule has 1 aromatic carbocycles. The smallest absolute Gasteiger partial charge is 0.126 e. The summed E-state index contributed by atoms with van der Waals surface area (Å²) in [4.78, 5) is 2.37. The molecule has 0 spiro atoms. The van der Waals surface area contributed by atoms with E-state index < -0.39 is 11.6 Å². The minimum Gasteiger partial charge on any atom is -0.324 e. The Hall–Kier alpha value is -1.00. The standard InChI is InChI=1S/C14H20F2N2/c15-12-8-11(9-13(16)10-12)14(17)4-7-18-5-2-1-3-6-18/h8-10,14H,1-7,17H2. The van der Waals surface area contributed by atoms with Gasteiger partial charge in [0.05, 0.1) is 0 Å². The van der Waals surface area contributed by atoms with E-state index in [4.69, 9.17) is 5.73 Å². The second-order valence-corrected chi connectivity index (χ2v) is 5.00. The first kappa shape index (κ1) is 13.4. The van der Waals surface area contributed by atoms with Crippen molar-refractivity contribution >= 4 is 0 Å². The fraction of sp³-hybridized carbons (Fsp3) is 0.571. The fourth-order valence-electron chi connectivity index (χ4n) is 2.46. The molecule has 1 fully saturated rings. The summed E-state index contributed by atoms with van der Waals surface area (Å²) in [6, 6.07) is 3.23. The molecule has 1 unspecified atom stereocenters.